The Morgan fingerprint density at radius 2 is 1.33 bits per heavy atom. The molecule has 0 atom stereocenters. The molecule has 0 bridgehead atoms. The van der Waals surface area contributed by atoms with Crippen molar-refractivity contribution in [3.63, 3.8) is 0 Å². The molecular formula is C15H26. The van der Waals surface area contributed by atoms with Crippen LogP contribution >= 0.6 is 0 Å². The molecule has 0 aromatic heterocycles. The van der Waals surface area contributed by atoms with E-state index >= 15 is 0 Å². The van der Waals surface area contributed by atoms with Gasteiger partial charge in [0.1, 0.15) is 0 Å². The van der Waals surface area contributed by atoms with Crippen molar-refractivity contribution in [3.8, 4) is 0 Å². The lowest BCUT2D eigenvalue weighted by Crippen LogP contribution is -1.64. The second-order valence-corrected chi connectivity index (χ2v) is 3.26. The summed E-state index contributed by atoms with van der Waals surface area (Å²) in [6.45, 7) is 11.5. The molecule has 0 rings (SSSR count). The van der Waals surface area contributed by atoms with Gasteiger partial charge in [0.2, 0.25) is 0 Å². The lowest BCUT2D eigenvalue weighted by molar-refractivity contribution is 0.815. The van der Waals surface area contributed by atoms with Crippen LogP contribution in [0.1, 0.15) is 46.0 Å². The molecule has 0 saturated carbocycles. The molecule has 0 aromatic rings. The standard InChI is InChI=1S/C8H14.C7H12/c1-3-5-7-8-6-4-2;1-3-5-7-6-4-2/h3,5,7H,1,4,6,8H2,2H3;3,5,7H,1,4,6H2,2H3. The summed E-state index contributed by atoms with van der Waals surface area (Å²) in [5.41, 5.74) is 0. The summed E-state index contributed by atoms with van der Waals surface area (Å²) in [4.78, 5) is 0. The first-order valence-electron chi connectivity index (χ1n) is 5.88. The molecular weight excluding hydrogens is 180 g/mol. The van der Waals surface area contributed by atoms with E-state index in [0.29, 0.717) is 0 Å². The van der Waals surface area contributed by atoms with E-state index in [-0.39, 0.29) is 0 Å². The number of allylic oxidation sites excluding steroid dienone is 6. The van der Waals surface area contributed by atoms with Crippen LogP contribution in [0.3, 0.4) is 0 Å². The lowest BCUT2D eigenvalue weighted by Gasteiger charge is -1.84. The predicted molar refractivity (Wildman–Crippen MR) is 73.1 cm³/mol. The Balaban J connectivity index is 0. The lowest BCUT2D eigenvalue weighted by atomic mass is 10.2. The van der Waals surface area contributed by atoms with Gasteiger partial charge in [-0.05, 0) is 12.8 Å². The fourth-order valence-corrected chi connectivity index (χ4v) is 0.874. The molecule has 86 valence electrons. The highest BCUT2D eigenvalue weighted by Crippen LogP contribution is 1.93. The van der Waals surface area contributed by atoms with E-state index < -0.39 is 0 Å². The zero-order valence-corrected chi connectivity index (χ0v) is 10.4. The van der Waals surface area contributed by atoms with Gasteiger partial charge in [-0.15, -0.1) is 0 Å². The summed E-state index contributed by atoms with van der Waals surface area (Å²) in [5.74, 6) is 0. The van der Waals surface area contributed by atoms with E-state index in [1.165, 1.54) is 32.1 Å². The largest absolute Gasteiger partial charge is 0.0991 e. The molecule has 0 heterocycles. The van der Waals surface area contributed by atoms with Gasteiger partial charge in [0.25, 0.3) is 0 Å². The summed E-state index contributed by atoms with van der Waals surface area (Å²) in [6, 6.07) is 0. The van der Waals surface area contributed by atoms with Gasteiger partial charge in [-0.3, -0.25) is 0 Å². The fraction of sp³-hybridized carbons (Fsp3) is 0.467. The van der Waals surface area contributed by atoms with Crippen LogP contribution in [-0.4, -0.2) is 0 Å². The molecule has 0 radical (unpaired) electrons. The first-order valence-corrected chi connectivity index (χ1v) is 5.88. The summed E-state index contributed by atoms with van der Waals surface area (Å²) in [7, 11) is 0. The third kappa shape index (κ3) is 24.6. The van der Waals surface area contributed by atoms with E-state index in [2.05, 4.69) is 39.2 Å². The maximum atomic E-state index is 3.57. The molecule has 0 spiro atoms. The molecule has 0 saturated heterocycles. The number of rotatable bonds is 7. The van der Waals surface area contributed by atoms with Gasteiger partial charge in [0.15, 0.2) is 0 Å². The highest BCUT2D eigenvalue weighted by molar-refractivity contribution is 4.97. The Morgan fingerprint density at radius 1 is 0.800 bits per heavy atom. The van der Waals surface area contributed by atoms with Crippen LogP contribution in [0.4, 0.5) is 0 Å². The number of hydrogen-bond acceptors (Lipinski definition) is 0. The summed E-state index contributed by atoms with van der Waals surface area (Å²) < 4.78 is 0. The molecule has 0 aliphatic rings. The third-order valence-corrected chi connectivity index (χ3v) is 1.72. The zero-order chi connectivity index (χ0) is 11.8. The van der Waals surface area contributed by atoms with Crippen molar-refractivity contribution in [2.45, 2.75) is 46.0 Å². The van der Waals surface area contributed by atoms with E-state index in [9.17, 15) is 0 Å². The quantitative estimate of drug-likeness (QED) is 0.384. The van der Waals surface area contributed by atoms with Crippen LogP contribution in [-0.2, 0) is 0 Å². The number of unbranched alkanes of at least 4 members (excludes halogenated alkanes) is 3. The molecule has 0 fully saturated rings. The van der Waals surface area contributed by atoms with Crippen molar-refractivity contribution in [1.29, 1.82) is 0 Å². The van der Waals surface area contributed by atoms with Gasteiger partial charge in [-0.2, -0.15) is 0 Å². The van der Waals surface area contributed by atoms with Crippen molar-refractivity contribution in [1.82, 2.24) is 0 Å². The minimum absolute atomic E-state index is 1.17. The predicted octanol–water partition coefficient (Wildman–Crippen LogP) is 5.45. The van der Waals surface area contributed by atoms with Crippen LogP contribution in [0.15, 0.2) is 49.6 Å². The molecule has 0 N–H and O–H groups in total. The Morgan fingerprint density at radius 3 is 1.73 bits per heavy atom. The summed E-state index contributed by atoms with van der Waals surface area (Å²) in [5, 5.41) is 0. The molecule has 0 amide bonds. The van der Waals surface area contributed by atoms with Crippen molar-refractivity contribution < 1.29 is 0 Å². The van der Waals surface area contributed by atoms with E-state index in [4.69, 9.17) is 0 Å². The second kappa shape index (κ2) is 18.7. The SMILES string of the molecule is C=CC=CCCC.C=CC=CCCCC. The monoisotopic (exact) mass is 206 g/mol. The topological polar surface area (TPSA) is 0 Å². The molecule has 0 nitrogen and oxygen atoms in total. The molecule has 0 aromatic carbocycles. The Hall–Kier alpha value is -1.04. The fourth-order valence-electron chi connectivity index (χ4n) is 0.874. The maximum Gasteiger partial charge on any atom is -0.0348 e. The van der Waals surface area contributed by atoms with Gasteiger partial charge in [-0.1, -0.05) is 82.7 Å². The van der Waals surface area contributed by atoms with E-state index in [1.54, 1.807) is 6.08 Å². The van der Waals surface area contributed by atoms with E-state index in [1.807, 2.05) is 18.2 Å². The first-order chi connectivity index (χ1) is 7.33. The van der Waals surface area contributed by atoms with Crippen molar-refractivity contribution in [3.05, 3.63) is 49.6 Å². The summed E-state index contributed by atoms with van der Waals surface area (Å²) >= 11 is 0. The van der Waals surface area contributed by atoms with Gasteiger partial charge < -0.3 is 0 Å². The summed E-state index contributed by atoms with van der Waals surface area (Å²) in [6.07, 6.45) is 18.0. The Bertz CT molecular complexity index is 172. The zero-order valence-electron chi connectivity index (χ0n) is 10.4. The van der Waals surface area contributed by atoms with E-state index in [0.717, 1.165) is 0 Å². The molecule has 0 aliphatic heterocycles. The van der Waals surface area contributed by atoms with Crippen LogP contribution in [0.5, 0.6) is 0 Å². The highest BCUT2D eigenvalue weighted by atomic mass is 13.8. The molecule has 0 aliphatic carbocycles. The van der Waals surface area contributed by atoms with Gasteiger partial charge >= 0.3 is 0 Å². The highest BCUT2D eigenvalue weighted by Gasteiger charge is 1.73. The average Bonchev–Trinajstić information content (AvgIpc) is 2.26. The normalized spacial score (nSPS) is 10.0. The van der Waals surface area contributed by atoms with Crippen LogP contribution in [0.25, 0.3) is 0 Å². The Labute approximate surface area is 96.1 Å². The third-order valence-electron chi connectivity index (χ3n) is 1.72. The minimum Gasteiger partial charge on any atom is -0.0991 e. The first kappa shape index (κ1) is 16.4. The van der Waals surface area contributed by atoms with Crippen LogP contribution in [0, 0.1) is 0 Å². The van der Waals surface area contributed by atoms with Crippen molar-refractivity contribution in [2.24, 2.45) is 0 Å². The molecule has 0 unspecified atom stereocenters. The Kier molecular flexibility index (Phi) is 20.4. The van der Waals surface area contributed by atoms with Gasteiger partial charge in [-0.25, -0.2) is 0 Å². The maximum absolute atomic E-state index is 3.57. The van der Waals surface area contributed by atoms with Crippen LogP contribution in [0.2, 0.25) is 0 Å². The molecule has 15 heavy (non-hydrogen) atoms. The average molecular weight is 206 g/mol. The smallest absolute Gasteiger partial charge is 0.0348 e. The minimum atomic E-state index is 1.17. The van der Waals surface area contributed by atoms with Crippen molar-refractivity contribution in [2.75, 3.05) is 0 Å². The van der Waals surface area contributed by atoms with Crippen LogP contribution < -0.4 is 0 Å². The second-order valence-electron chi connectivity index (χ2n) is 3.26. The molecule has 0 heteroatoms. The number of hydrogen-bond donors (Lipinski definition) is 0. The van der Waals surface area contributed by atoms with Gasteiger partial charge in [0, 0.05) is 0 Å². The van der Waals surface area contributed by atoms with Gasteiger partial charge in [0.05, 0.1) is 0 Å². The van der Waals surface area contributed by atoms with Crippen molar-refractivity contribution >= 4 is 0 Å².